The maximum atomic E-state index is 13.7. The average molecular weight is 400 g/mol. The van der Waals surface area contributed by atoms with Crippen LogP contribution in [0.1, 0.15) is 52.5 Å². The molecule has 2 amide bonds. The van der Waals surface area contributed by atoms with Crippen LogP contribution in [0.3, 0.4) is 0 Å². The van der Waals surface area contributed by atoms with Crippen LogP contribution in [0.25, 0.3) is 0 Å². The van der Waals surface area contributed by atoms with Crippen molar-refractivity contribution in [1.29, 1.82) is 0 Å². The molecule has 1 aromatic carbocycles. The van der Waals surface area contributed by atoms with Gasteiger partial charge in [-0.1, -0.05) is 58.0 Å². The second-order valence-corrected chi connectivity index (χ2v) is 9.53. The molecule has 0 saturated carbocycles. The largest absolute Gasteiger partial charge is 0.352 e. The van der Waals surface area contributed by atoms with Gasteiger partial charge in [0.05, 0.1) is 12.1 Å². The molecule has 2 saturated heterocycles. The Morgan fingerprint density at radius 1 is 1.03 bits per heavy atom. The van der Waals surface area contributed by atoms with Gasteiger partial charge in [0.25, 0.3) is 0 Å². The van der Waals surface area contributed by atoms with E-state index in [0.717, 1.165) is 25.9 Å². The molecule has 2 aliphatic rings. The van der Waals surface area contributed by atoms with E-state index in [4.69, 9.17) is 0 Å². The molecule has 1 aromatic rings. The Kier molecular flexibility index (Phi) is 7.33. The molecule has 0 radical (unpaired) electrons. The summed E-state index contributed by atoms with van der Waals surface area (Å²) in [4.78, 5) is 30.6. The second-order valence-electron chi connectivity index (χ2n) is 9.53. The van der Waals surface area contributed by atoms with E-state index in [1.807, 2.05) is 23.1 Å². The maximum absolute atomic E-state index is 13.7. The number of nitrogens with one attached hydrogen (secondary N) is 1. The van der Waals surface area contributed by atoms with Crippen molar-refractivity contribution in [2.75, 3.05) is 19.6 Å². The molecule has 0 spiro atoms. The Labute approximate surface area is 175 Å². The predicted molar refractivity (Wildman–Crippen MR) is 116 cm³/mol. The van der Waals surface area contributed by atoms with Crippen molar-refractivity contribution in [2.24, 2.45) is 11.8 Å². The number of hydrogen-bond donors (Lipinski definition) is 1. The van der Waals surface area contributed by atoms with Gasteiger partial charge in [0.2, 0.25) is 11.8 Å². The number of amides is 2. The van der Waals surface area contributed by atoms with Gasteiger partial charge in [-0.15, -0.1) is 0 Å². The summed E-state index contributed by atoms with van der Waals surface area (Å²) in [6.45, 7) is 11.1. The SMILES string of the molecule is CC(C)CCCN1C[C@H]2CNC(=O)[C@H](CC(C)C)N2C(=O)[C@@H]1Cc1ccccc1. The minimum Gasteiger partial charge on any atom is -0.352 e. The lowest BCUT2D eigenvalue weighted by molar-refractivity contribution is -0.159. The van der Waals surface area contributed by atoms with Crippen LogP contribution in [0.4, 0.5) is 0 Å². The van der Waals surface area contributed by atoms with Crippen molar-refractivity contribution in [3.05, 3.63) is 35.9 Å². The number of carbonyl (C=O) groups is 2. The third kappa shape index (κ3) is 5.39. The van der Waals surface area contributed by atoms with Crippen molar-refractivity contribution in [3.8, 4) is 0 Å². The first-order valence-corrected chi connectivity index (χ1v) is 11.2. The van der Waals surface area contributed by atoms with Crippen molar-refractivity contribution in [3.63, 3.8) is 0 Å². The fourth-order valence-corrected chi connectivity index (χ4v) is 4.70. The lowest BCUT2D eigenvalue weighted by Crippen LogP contribution is -2.72. The quantitative estimate of drug-likeness (QED) is 0.731. The van der Waals surface area contributed by atoms with Gasteiger partial charge in [0, 0.05) is 13.1 Å². The molecule has 0 bridgehead atoms. The number of fused-ring (bicyclic) bond motifs is 1. The van der Waals surface area contributed by atoms with E-state index in [-0.39, 0.29) is 29.9 Å². The Morgan fingerprint density at radius 3 is 2.41 bits per heavy atom. The van der Waals surface area contributed by atoms with Crippen LogP contribution in [0.5, 0.6) is 0 Å². The first-order valence-electron chi connectivity index (χ1n) is 11.2. The summed E-state index contributed by atoms with van der Waals surface area (Å²) >= 11 is 0. The Hall–Kier alpha value is -1.88. The molecule has 3 rings (SSSR count). The number of piperazine rings is 2. The van der Waals surface area contributed by atoms with Crippen molar-refractivity contribution in [1.82, 2.24) is 15.1 Å². The van der Waals surface area contributed by atoms with Gasteiger partial charge in [-0.3, -0.25) is 14.5 Å². The number of hydrogen-bond acceptors (Lipinski definition) is 3. The molecule has 160 valence electrons. The van der Waals surface area contributed by atoms with Crippen molar-refractivity contribution >= 4 is 11.8 Å². The zero-order chi connectivity index (χ0) is 21.0. The summed E-state index contributed by atoms with van der Waals surface area (Å²) in [5, 5.41) is 3.06. The maximum Gasteiger partial charge on any atom is 0.242 e. The van der Waals surface area contributed by atoms with E-state index in [2.05, 4.69) is 50.0 Å². The van der Waals surface area contributed by atoms with Crippen LogP contribution in [-0.2, 0) is 16.0 Å². The first-order chi connectivity index (χ1) is 13.9. The first kappa shape index (κ1) is 21.8. The van der Waals surface area contributed by atoms with Gasteiger partial charge in [-0.25, -0.2) is 0 Å². The Balaban J connectivity index is 1.83. The topological polar surface area (TPSA) is 52.7 Å². The van der Waals surface area contributed by atoms with Gasteiger partial charge < -0.3 is 10.2 Å². The highest BCUT2D eigenvalue weighted by molar-refractivity contribution is 5.92. The summed E-state index contributed by atoms with van der Waals surface area (Å²) in [5.41, 5.74) is 1.18. The minimum atomic E-state index is -0.336. The molecule has 0 unspecified atom stereocenters. The van der Waals surface area contributed by atoms with Gasteiger partial charge >= 0.3 is 0 Å². The molecule has 2 aliphatic heterocycles. The van der Waals surface area contributed by atoms with E-state index in [1.165, 1.54) is 12.0 Å². The summed E-state index contributed by atoms with van der Waals surface area (Å²) in [6, 6.07) is 9.83. The summed E-state index contributed by atoms with van der Waals surface area (Å²) < 4.78 is 0. The fourth-order valence-electron chi connectivity index (χ4n) is 4.70. The van der Waals surface area contributed by atoms with Crippen LogP contribution in [-0.4, -0.2) is 59.4 Å². The average Bonchev–Trinajstić information content (AvgIpc) is 2.67. The number of benzene rings is 1. The molecule has 2 heterocycles. The highest BCUT2D eigenvalue weighted by Crippen LogP contribution is 2.27. The van der Waals surface area contributed by atoms with Gasteiger partial charge in [-0.05, 0) is 49.6 Å². The molecular formula is C24H37N3O2. The standard InChI is InChI=1S/C24H37N3O2/c1-17(2)9-8-12-26-16-20-15-25-23(28)21(13-18(3)4)27(20)24(29)22(26)14-19-10-6-5-7-11-19/h5-7,10-11,17-18,20-22H,8-9,12-16H2,1-4H3,(H,25,28)/t20-,21+,22+/m1/s1. The molecule has 1 N–H and O–H groups in total. The minimum absolute atomic E-state index is 0.00928. The lowest BCUT2D eigenvalue weighted by atomic mass is 9.91. The third-order valence-electron chi connectivity index (χ3n) is 6.16. The van der Waals surface area contributed by atoms with Gasteiger partial charge in [0.15, 0.2) is 0 Å². The molecule has 0 aliphatic carbocycles. The van der Waals surface area contributed by atoms with E-state index >= 15 is 0 Å². The van der Waals surface area contributed by atoms with Gasteiger partial charge in [0.1, 0.15) is 6.04 Å². The smallest absolute Gasteiger partial charge is 0.242 e. The molecule has 2 fully saturated rings. The highest BCUT2D eigenvalue weighted by atomic mass is 16.2. The molecule has 5 heteroatoms. The third-order valence-corrected chi connectivity index (χ3v) is 6.16. The van der Waals surface area contributed by atoms with Crippen LogP contribution >= 0.6 is 0 Å². The molecular weight excluding hydrogens is 362 g/mol. The van der Waals surface area contributed by atoms with Crippen LogP contribution in [0.2, 0.25) is 0 Å². The van der Waals surface area contributed by atoms with Crippen LogP contribution in [0, 0.1) is 11.8 Å². The van der Waals surface area contributed by atoms with E-state index in [9.17, 15) is 9.59 Å². The molecule has 3 atom stereocenters. The Bertz CT molecular complexity index is 689. The summed E-state index contributed by atoms with van der Waals surface area (Å²) in [6.07, 6.45) is 3.70. The monoisotopic (exact) mass is 399 g/mol. The number of nitrogens with zero attached hydrogens (tertiary/aromatic N) is 2. The van der Waals surface area contributed by atoms with Gasteiger partial charge in [-0.2, -0.15) is 0 Å². The van der Waals surface area contributed by atoms with E-state index in [1.54, 1.807) is 0 Å². The summed E-state index contributed by atoms with van der Waals surface area (Å²) in [5.74, 6) is 1.18. The number of carbonyl (C=O) groups excluding carboxylic acids is 2. The zero-order valence-corrected chi connectivity index (χ0v) is 18.4. The number of rotatable bonds is 8. The van der Waals surface area contributed by atoms with Crippen LogP contribution < -0.4 is 5.32 Å². The van der Waals surface area contributed by atoms with E-state index in [0.29, 0.717) is 24.8 Å². The molecule has 0 aromatic heterocycles. The lowest BCUT2D eigenvalue weighted by Gasteiger charge is -2.51. The Morgan fingerprint density at radius 2 is 1.76 bits per heavy atom. The van der Waals surface area contributed by atoms with E-state index < -0.39 is 0 Å². The second kappa shape index (κ2) is 9.75. The van der Waals surface area contributed by atoms with Crippen molar-refractivity contribution in [2.45, 2.75) is 71.5 Å². The predicted octanol–water partition coefficient (Wildman–Crippen LogP) is 3.09. The van der Waals surface area contributed by atoms with Crippen molar-refractivity contribution < 1.29 is 9.59 Å². The van der Waals surface area contributed by atoms with Crippen LogP contribution in [0.15, 0.2) is 30.3 Å². The molecule has 5 nitrogen and oxygen atoms in total. The highest BCUT2D eigenvalue weighted by Gasteiger charge is 2.47. The zero-order valence-electron chi connectivity index (χ0n) is 18.4. The fraction of sp³-hybridized carbons (Fsp3) is 0.667. The normalized spacial score (nSPS) is 25.4. The molecule has 29 heavy (non-hydrogen) atoms. The summed E-state index contributed by atoms with van der Waals surface area (Å²) in [7, 11) is 0.